The molecule has 0 atom stereocenters. The summed E-state index contributed by atoms with van der Waals surface area (Å²) in [7, 11) is 1.79. The molecule has 0 aliphatic heterocycles. The zero-order valence-corrected chi connectivity index (χ0v) is 11.8. The second-order valence-electron chi connectivity index (χ2n) is 4.66. The Labute approximate surface area is 120 Å². The molecule has 1 aromatic carbocycles. The van der Waals surface area contributed by atoms with E-state index in [1.807, 2.05) is 6.92 Å². The summed E-state index contributed by atoms with van der Waals surface area (Å²) in [5, 5.41) is 6.88. The summed E-state index contributed by atoms with van der Waals surface area (Å²) in [5.74, 6) is -2.74. The fourth-order valence-electron chi connectivity index (χ4n) is 2.06. The molecule has 2 aromatic rings. The van der Waals surface area contributed by atoms with Crippen molar-refractivity contribution < 1.29 is 13.6 Å². The lowest BCUT2D eigenvalue weighted by molar-refractivity contribution is 0.0951. The molecule has 7 heteroatoms. The van der Waals surface area contributed by atoms with Gasteiger partial charge in [0.05, 0.1) is 11.3 Å². The molecule has 5 nitrogen and oxygen atoms in total. The number of halogens is 2. The topological polar surface area (TPSA) is 72.9 Å². The molecule has 1 amide bonds. The highest BCUT2D eigenvalue weighted by molar-refractivity contribution is 5.99. The molecule has 1 heterocycles. The van der Waals surface area contributed by atoms with Gasteiger partial charge in [-0.1, -0.05) is 6.92 Å². The molecule has 0 bridgehead atoms. The number of aromatic nitrogens is 2. The minimum Gasteiger partial charge on any atom is -0.398 e. The summed E-state index contributed by atoms with van der Waals surface area (Å²) in [6, 6.07) is 1.59. The number of carbonyl (C=O) groups excluding carboxylic acids is 1. The van der Waals surface area contributed by atoms with E-state index in [1.54, 1.807) is 17.9 Å². The van der Waals surface area contributed by atoms with Crippen LogP contribution in [0.2, 0.25) is 0 Å². The van der Waals surface area contributed by atoms with E-state index in [1.165, 1.54) is 0 Å². The van der Waals surface area contributed by atoms with Crippen LogP contribution in [-0.2, 0) is 20.0 Å². The molecule has 2 rings (SSSR count). The Kier molecular flexibility index (Phi) is 4.21. The molecule has 0 unspecified atom stereocenters. The van der Waals surface area contributed by atoms with Crippen LogP contribution in [0.25, 0.3) is 0 Å². The number of hydrogen-bond acceptors (Lipinski definition) is 3. The first kappa shape index (κ1) is 15.0. The summed E-state index contributed by atoms with van der Waals surface area (Å²) in [6.45, 7) is 2.20. The van der Waals surface area contributed by atoms with E-state index < -0.39 is 17.5 Å². The van der Waals surface area contributed by atoms with Gasteiger partial charge in [-0.3, -0.25) is 9.48 Å². The average Bonchev–Trinajstić information content (AvgIpc) is 2.80. The van der Waals surface area contributed by atoms with Crippen LogP contribution in [0.5, 0.6) is 0 Å². The highest BCUT2D eigenvalue weighted by atomic mass is 19.2. The second-order valence-corrected chi connectivity index (χ2v) is 4.66. The Morgan fingerprint density at radius 1 is 1.38 bits per heavy atom. The molecule has 21 heavy (non-hydrogen) atoms. The van der Waals surface area contributed by atoms with Crippen LogP contribution in [-0.4, -0.2) is 15.7 Å². The van der Waals surface area contributed by atoms with Crippen LogP contribution in [0.1, 0.15) is 28.5 Å². The van der Waals surface area contributed by atoms with E-state index in [2.05, 4.69) is 10.4 Å². The quantitative estimate of drug-likeness (QED) is 0.844. The third-order valence-corrected chi connectivity index (χ3v) is 3.10. The average molecular weight is 294 g/mol. The van der Waals surface area contributed by atoms with Crippen molar-refractivity contribution in [3.63, 3.8) is 0 Å². The van der Waals surface area contributed by atoms with E-state index in [9.17, 15) is 13.6 Å². The van der Waals surface area contributed by atoms with Crippen molar-refractivity contribution in [2.24, 2.45) is 7.05 Å². The number of nitrogens with two attached hydrogens (primary N) is 1. The van der Waals surface area contributed by atoms with Crippen LogP contribution >= 0.6 is 0 Å². The van der Waals surface area contributed by atoms with Crippen LogP contribution < -0.4 is 11.1 Å². The van der Waals surface area contributed by atoms with Crippen molar-refractivity contribution in [2.45, 2.75) is 19.9 Å². The molecule has 1 aromatic heterocycles. The van der Waals surface area contributed by atoms with Crippen molar-refractivity contribution in [3.8, 4) is 0 Å². The summed E-state index contributed by atoms with van der Waals surface area (Å²) < 4.78 is 27.8. The Bertz CT molecular complexity index is 682. The number of carbonyl (C=O) groups is 1. The van der Waals surface area contributed by atoms with Gasteiger partial charge in [-0.2, -0.15) is 5.10 Å². The monoisotopic (exact) mass is 294 g/mol. The summed E-state index contributed by atoms with van der Waals surface area (Å²) in [6.07, 6.45) is 2.53. The number of hydrogen-bond donors (Lipinski definition) is 2. The van der Waals surface area contributed by atoms with Crippen molar-refractivity contribution in [1.29, 1.82) is 0 Å². The predicted octanol–water partition coefficient (Wildman–Crippen LogP) is 1.77. The third kappa shape index (κ3) is 3.18. The molecule has 112 valence electrons. The highest BCUT2D eigenvalue weighted by Crippen LogP contribution is 2.17. The fourth-order valence-corrected chi connectivity index (χ4v) is 2.06. The van der Waals surface area contributed by atoms with E-state index in [-0.39, 0.29) is 17.8 Å². The Balaban J connectivity index is 2.13. The summed E-state index contributed by atoms with van der Waals surface area (Å²) in [5.41, 5.74) is 7.09. The molecule has 0 aliphatic carbocycles. The lowest BCUT2D eigenvalue weighted by Gasteiger charge is -2.08. The van der Waals surface area contributed by atoms with Gasteiger partial charge < -0.3 is 11.1 Å². The zero-order valence-electron chi connectivity index (χ0n) is 11.8. The minimum absolute atomic E-state index is 0.0872. The first-order chi connectivity index (χ1) is 9.92. The van der Waals surface area contributed by atoms with Gasteiger partial charge in [-0.15, -0.1) is 0 Å². The zero-order chi connectivity index (χ0) is 15.6. The first-order valence-corrected chi connectivity index (χ1v) is 6.46. The van der Waals surface area contributed by atoms with E-state index in [0.29, 0.717) is 0 Å². The number of rotatable bonds is 4. The number of benzene rings is 1. The SMILES string of the molecule is CCc1nn(C)cc1CNC(=O)c1cc(F)c(F)cc1N. The molecule has 3 N–H and O–H groups in total. The van der Waals surface area contributed by atoms with Gasteiger partial charge >= 0.3 is 0 Å². The molecular weight excluding hydrogens is 278 g/mol. The van der Waals surface area contributed by atoms with E-state index >= 15 is 0 Å². The number of nitrogens with zero attached hydrogens (tertiary/aromatic N) is 2. The molecule has 0 aliphatic rings. The fraction of sp³-hybridized carbons (Fsp3) is 0.286. The van der Waals surface area contributed by atoms with Crippen molar-refractivity contribution >= 4 is 11.6 Å². The maximum Gasteiger partial charge on any atom is 0.253 e. The largest absolute Gasteiger partial charge is 0.398 e. The van der Waals surface area contributed by atoms with Crippen LogP contribution in [0.4, 0.5) is 14.5 Å². The van der Waals surface area contributed by atoms with Crippen LogP contribution in [0.3, 0.4) is 0 Å². The van der Waals surface area contributed by atoms with E-state index in [0.717, 1.165) is 29.8 Å². The number of nitrogens with one attached hydrogen (secondary N) is 1. The maximum absolute atomic E-state index is 13.2. The first-order valence-electron chi connectivity index (χ1n) is 6.46. The van der Waals surface area contributed by atoms with Gasteiger partial charge in [-0.25, -0.2) is 8.78 Å². The van der Waals surface area contributed by atoms with Gasteiger partial charge in [0.1, 0.15) is 0 Å². The predicted molar refractivity (Wildman–Crippen MR) is 74.5 cm³/mol. The Morgan fingerprint density at radius 3 is 2.71 bits per heavy atom. The summed E-state index contributed by atoms with van der Waals surface area (Å²) >= 11 is 0. The Morgan fingerprint density at radius 2 is 2.05 bits per heavy atom. The maximum atomic E-state index is 13.2. The molecule has 0 radical (unpaired) electrons. The van der Waals surface area contributed by atoms with Gasteiger partial charge in [0.25, 0.3) is 5.91 Å². The summed E-state index contributed by atoms with van der Waals surface area (Å²) in [4.78, 5) is 12.0. The second kappa shape index (κ2) is 5.90. The van der Waals surface area contributed by atoms with Crippen LogP contribution in [0, 0.1) is 11.6 Å². The number of nitrogen functional groups attached to an aromatic ring is 1. The number of amides is 1. The molecule has 0 saturated carbocycles. The minimum atomic E-state index is -1.11. The lowest BCUT2D eigenvalue weighted by Crippen LogP contribution is -2.24. The van der Waals surface area contributed by atoms with Crippen molar-refractivity contribution in [3.05, 3.63) is 46.8 Å². The standard InChI is InChI=1S/C14H16F2N4O/c1-3-13-8(7-20(2)19-13)6-18-14(21)9-4-10(15)11(16)5-12(9)17/h4-5,7H,3,6,17H2,1-2H3,(H,18,21). The van der Waals surface area contributed by atoms with E-state index in [4.69, 9.17) is 5.73 Å². The highest BCUT2D eigenvalue weighted by Gasteiger charge is 2.15. The Hall–Kier alpha value is -2.44. The molecule has 0 spiro atoms. The smallest absolute Gasteiger partial charge is 0.253 e. The number of anilines is 1. The van der Waals surface area contributed by atoms with Gasteiger partial charge in [0, 0.05) is 37.1 Å². The molecule has 0 saturated heterocycles. The van der Waals surface area contributed by atoms with Gasteiger partial charge in [0.2, 0.25) is 0 Å². The van der Waals surface area contributed by atoms with Gasteiger partial charge in [-0.05, 0) is 12.5 Å². The lowest BCUT2D eigenvalue weighted by atomic mass is 10.1. The van der Waals surface area contributed by atoms with Crippen LogP contribution in [0.15, 0.2) is 18.3 Å². The molecule has 0 fully saturated rings. The molecular formula is C14H16F2N4O. The van der Waals surface area contributed by atoms with Crippen molar-refractivity contribution in [1.82, 2.24) is 15.1 Å². The number of aryl methyl sites for hydroxylation is 2. The van der Waals surface area contributed by atoms with Gasteiger partial charge in [0.15, 0.2) is 11.6 Å². The normalized spacial score (nSPS) is 10.7. The third-order valence-electron chi connectivity index (χ3n) is 3.10. The van der Waals surface area contributed by atoms with Crippen molar-refractivity contribution in [2.75, 3.05) is 5.73 Å².